The molecule has 0 aliphatic carbocycles. The van der Waals surface area contributed by atoms with Gasteiger partial charge in [-0.15, -0.1) is 0 Å². The summed E-state index contributed by atoms with van der Waals surface area (Å²) in [4.78, 5) is 22.4. The van der Waals surface area contributed by atoms with Crippen LogP contribution >= 0.6 is 0 Å². The molecule has 0 radical (unpaired) electrons. The van der Waals surface area contributed by atoms with E-state index in [9.17, 15) is 9.59 Å². The second kappa shape index (κ2) is 13.6. The van der Waals surface area contributed by atoms with Crippen molar-refractivity contribution in [3.8, 4) is 11.8 Å². The largest absolute Gasteiger partial charge is 0.461 e. The zero-order chi connectivity index (χ0) is 15.1. The smallest absolute Gasteiger partial charge is 0.306 e. The predicted molar refractivity (Wildman–Crippen MR) is 71.5 cm³/mol. The lowest BCUT2D eigenvalue weighted by Crippen LogP contribution is -2.07. The van der Waals surface area contributed by atoms with Gasteiger partial charge in [-0.25, -0.2) is 0 Å². The highest BCUT2D eigenvalue weighted by atomic mass is 16.5. The van der Waals surface area contributed by atoms with Gasteiger partial charge < -0.3 is 19.7 Å². The molecule has 0 aromatic heterocycles. The Labute approximate surface area is 118 Å². The monoisotopic (exact) mass is 284 g/mol. The standard InChI is InChI=1S/C14H20O6/c15-9-3-5-11-19-13(17)7-1-2-8-14(18)20-12-6-4-10-16/h3,5,15-16H,1-2,7-12H2/b5-3-. The fraction of sp³-hybridized carbons (Fsp3) is 0.571. The normalized spacial score (nSPS) is 9.90. The van der Waals surface area contributed by atoms with Crippen molar-refractivity contribution >= 4 is 11.9 Å². The first-order chi connectivity index (χ1) is 9.70. The van der Waals surface area contributed by atoms with E-state index in [4.69, 9.17) is 19.7 Å². The number of carbonyl (C=O) groups excluding carboxylic acids is 2. The van der Waals surface area contributed by atoms with Crippen molar-refractivity contribution in [3.63, 3.8) is 0 Å². The Morgan fingerprint density at radius 2 is 1.60 bits per heavy atom. The fourth-order valence-corrected chi connectivity index (χ4v) is 1.19. The van der Waals surface area contributed by atoms with Crippen LogP contribution in [0.4, 0.5) is 0 Å². The van der Waals surface area contributed by atoms with E-state index < -0.39 is 0 Å². The predicted octanol–water partition coefficient (Wildman–Crippen LogP) is 0.177. The van der Waals surface area contributed by atoms with E-state index in [1.54, 1.807) is 6.08 Å². The molecule has 0 atom stereocenters. The fourth-order valence-electron chi connectivity index (χ4n) is 1.19. The SMILES string of the molecule is O=C(CCCCC(=O)OC/C=C\CO)OCC#CCO. The number of aliphatic hydroxyl groups is 2. The van der Waals surface area contributed by atoms with Crippen LogP contribution in [-0.2, 0) is 19.1 Å². The van der Waals surface area contributed by atoms with E-state index in [-0.39, 0.29) is 51.2 Å². The number of ether oxygens (including phenoxy) is 2. The van der Waals surface area contributed by atoms with Gasteiger partial charge in [0.2, 0.25) is 0 Å². The van der Waals surface area contributed by atoms with Crippen molar-refractivity contribution < 1.29 is 29.3 Å². The molecule has 0 rings (SSSR count). The first-order valence-corrected chi connectivity index (χ1v) is 6.34. The second-order valence-electron chi connectivity index (χ2n) is 3.72. The first-order valence-electron chi connectivity index (χ1n) is 6.34. The van der Waals surface area contributed by atoms with Gasteiger partial charge in [0, 0.05) is 12.8 Å². The molecule has 0 saturated carbocycles. The van der Waals surface area contributed by atoms with E-state index >= 15 is 0 Å². The van der Waals surface area contributed by atoms with Crippen molar-refractivity contribution in [2.75, 3.05) is 26.4 Å². The molecule has 20 heavy (non-hydrogen) atoms. The molecule has 0 aromatic carbocycles. The number of aliphatic hydroxyl groups excluding tert-OH is 2. The average Bonchev–Trinajstić information content (AvgIpc) is 2.44. The Hall–Kier alpha value is -1.84. The number of rotatable bonds is 9. The van der Waals surface area contributed by atoms with Crippen molar-refractivity contribution in [1.29, 1.82) is 0 Å². The van der Waals surface area contributed by atoms with Gasteiger partial charge in [-0.3, -0.25) is 9.59 Å². The molecule has 6 nitrogen and oxygen atoms in total. The summed E-state index contributed by atoms with van der Waals surface area (Å²) in [6.07, 6.45) is 4.59. The summed E-state index contributed by atoms with van der Waals surface area (Å²) in [5, 5.41) is 16.8. The summed E-state index contributed by atoms with van der Waals surface area (Å²) < 4.78 is 9.62. The highest BCUT2D eigenvalue weighted by molar-refractivity contribution is 5.70. The maximum Gasteiger partial charge on any atom is 0.306 e. The molecule has 0 saturated heterocycles. The molecule has 0 fully saturated rings. The van der Waals surface area contributed by atoms with Gasteiger partial charge in [0.15, 0.2) is 6.61 Å². The lowest BCUT2D eigenvalue weighted by molar-refractivity contribution is -0.144. The van der Waals surface area contributed by atoms with E-state index in [1.807, 2.05) is 0 Å². The molecule has 112 valence electrons. The van der Waals surface area contributed by atoms with Crippen LogP contribution in [0.25, 0.3) is 0 Å². The molecular formula is C14H20O6. The lowest BCUT2D eigenvalue weighted by atomic mass is 10.2. The van der Waals surface area contributed by atoms with Gasteiger partial charge >= 0.3 is 11.9 Å². The molecule has 0 spiro atoms. The van der Waals surface area contributed by atoms with E-state index in [1.165, 1.54) is 6.08 Å². The summed E-state index contributed by atoms with van der Waals surface area (Å²) >= 11 is 0. The Bertz CT molecular complexity index is 364. The third kappa shape index (κ3) is 12.6. The summed E-state index contributed by atoms with van der Waals surface area (Å²) in [6.45, 7) is -0.223. The summed E-state index contributed by atoms with van der Waals surface area (Å²) in [5.74, 6) is 4.11. The molecule has 0 aliphatic rings. The first kappa shape index (κ1) is 18.2. The van der Waals surface area contributed by atoms with Crippen LogP contribution in [0, 0.1) is 11.8 Å². The van der Waals surface area contributed by atoms with Gasteiger partial charge in [-0.2, -0.15) is 0 Å². The topological polar surface area (TPSA) is 93.1 Å². The van der Waals surface area contributed by atoms with E-state index in [0.717, 1.165) is 0 Å². The number of esters is 2. The van der Waals surface area contributed by atoms with Gasteiger partial charge in [0.25, 0.3) is 0 Å². The zero-order valence-corrected chi connectivity index (χ0v) is 11.3. The van der Waals surface area contributed by atoms with Crippen LogP contribution in [-0.4, -0.2) is 48.6 Å². The minimum atomic E-state index is -0.378. The van der Waals surface area contributed by atoms with Crippen LogP contribution < -0.4 is 0 Å². The van der Waals surface area contributed by atoms with E-state index in [0.29, 0.717) is 12.8 Å². The van der Waals surface area contributed by atoms with Crippen molar-refractivity contribution in [1.82, 2.24) is 0 Å². The molecule has 0 heterocycles. The third-order valence-electron chi connectivity index (χ3n) is 2.13. The Balaban J connectivity index is 3.48. The molecule has 6 heteroatoms. The van der Waals surface area contributed by atoms with Crippen LogP contribution in [0.1, 0.15) is 25.7 Å². The number of unbranched alkanes of at least 4 members (excludes halogenated alkanes) is 1. The van der Waals surface area contributed by atoms with Crippen LogP contribution in [0.2, 0.25) is 0 Å². The van der Waals surface area contributed by atoms with Gasteiger partial charge in [0.05, 0.1) is 6.61 Å². The molecule has 0 unspecified atom stereocenters. The van der Waals surface area contributed by atoms with E-state index in [2.05, 4.69) is 11.8 Å². The third-order valence-corrected chi connectivity index (χ3v) is 2.13. The highest BCUT2D eigenvalue weighted by Gasteiger charge is 2.05. The Morgan fingerprint density at radius 1 is 0.950 bits per heavy atom. The summed E-state index contributed by atoms with van der Waals surface area (Å²) in [6, 6.07) is 0. The molecule has 0 amide bonds. The maximum atomic E-state index is 11.2. The van der Waals surface area contributed by atoms with Gasteiger partial charge in [-0.1, -0.05) is 17.9 Å². The lowest BCUT2D eigenvalue weighted by Gasteiger charge is -2.02. The summed E-state index contributed by atoms with van der Waals surface area (Å²) in [7, 11) is 0. The molecule has 0 aliphatic heterocycles. The number of hydrogen-bond acceptors (Lipinski definition) is 6. The van der Waals surface area contributed by atoms with Crippen LogP contribution in [0.3, 0.4) is 0 Å². The Morgan fingerprint density at radius 3 is 2.20 bits per heavy atom. The van der Waals surface area contributed by atoms with Crippen molar-refractivity contribution in [2.24, 2.45) is 0 Å². The zero-order valence-electron chi connectivity index (χ0n) is 11.3. The average molecular weight is 284 g/mol. The maximum absolute atomic E-state index is 11.2. The molecular weight excluding hydrogens is 264 g/mol. The van der Waals surface area contributed by atoms with Gasteiger partial charge in [0.1, 0.15) is 13.2 Å². The molecule has 0 aromatic rings. The van der Waals surface area contributed by atoms with Crippen molar-refractivity contribution in [3.05, 3.63) is 12.2 Å². The van der Waals surface area contributed by atoms with Gasteiger partial charge in [-0.05, 0) is 18.9 Å². The second-order valence-corrected chi connectivity index (χ2v) is 3.72. The minimum absolute atomic E-state index is 0.0291. The number of carbonyl (C=O) groups is 2. The summed E-state index contributed by atoms with van der Waals surface area (Å²) in [5.41, 5.74) is 0. The quantitative estimate of drug-likeness (QED) is 0.271. The van der Waals surface area contributed by atoms with Crippen molar-refractivity contribution in [2.45, 2.75) is 25.7 Å². The number of hydrogen-bond donors (Lipinski definition) is 2. The Kier molecular flexibility index (Phi) is 12.3. The van der Waals surface area contributed by atoms with Crippen LogP contribution in [0.15, 0.2) is 12.2 Å². The molecule has 2 N–H and O–H groups in total. The molecule has 0 bridgehead atoms. The highest BCUT2D eigenvalue weighted by Crippen LogP contribution is 2.02. The minimum Gasteiger partial charge on any atom is -0.461 e. The van der Waals surface area contributed by atoms with Crippen LogP contribution in [0.5, 0.6) is 0 Å².